The van der Waals surface area contributed by atoms with Crippen LogP contribution in [-0.4, -0.2) is 28.9 Å². The molecule has 1 aromatic heterocycles. The van der Waals surface area contributed by atoms with E-state index in [-0.39, 0.29) is 17.8 Å². The lowest BCUT2D eigenvalue weighted by Crippen LogP contribution is -2.35. The maximum atomic E-state index is 14.5. The van der Waals surface area contributed by atoms with Gasteiger partial charge in [0, 0.05) is 24.0 Å². The summed E-state index contributed by atoms with van der Waals surface area (Å²) in [6, 6.07) is 14.3. The molecular weight excluding hydrogens is 327 g/mol. The normalized spacial score (nSPS) is 12.2. The molecule has 0 radical (unpaired) electrons. The number of nitrogens with zero attached hydrogens (tertiary/aromatic N) is 2. The van der Waals surface area contributed by atoms with Crippen molar-refractivity contribution in [1.29, 1.82) is 0 Å². The minimum atomic E-state index is -0.305. The third-order valence-corrected chi connectivity index (χ3v) is 5.05. The zero-order valence-electron chi connectivity index (χ0n) is 15.6. The van der Waals surface area contributed by atoms with Gasteiger partial charge in [0.2, 0.25) is 0 Å². The third-order valence-electron chi connectivity index (χ3n) is 5.05. The zero-order valence-corrected chi connectivity index (χ0v) is 15.6. The first-order valence-corrected chi connectivity index (χ1v) is 8.87. The maximum Gasteiger partial charge on any atom is 0.272 e. The molecule has 0 aliphatic heterocycles. The fourth-order valence-corrected chi connectivity index (χ4v) is 3.17. The number of para-hydroxylation sites is 1. The Labute approximate surface area is 153 Å². The number of benzene rings is 2. The summed E-state index contributed by atoms with van der Waals surface area (Å²) < 4.78 is 14.5. The van der Waals surface area contributed by atoms with Gasteiger partial charge in [0.05, 0.1) is 5.52 Å². The molecule has 3 rings (SSSR count). The molecule has 0 bridgehead atoms. The van der Waals surface area contributed by atoms with Crippen LogP contribution < -0.4 is 0 Å². The summed E-state index contributed by atoms with van der Waals surface area (Å²) in [5, 5.41) is 0.845. The van der Waals surface area contributed by atoms with Crippen molar-refractivity contribution in [1.82, 2.24) is 9.88 Å². The van der Waals surface area contributed by atoms with E-state index < -0.39 is 0 Å². The van der Waals surface area contributed by atoms with E-state index in [4.69, 9.17) is 0 Å². The summed E-state index contributed by atoms with van der Waals surface area (Å²) in [5.41, 5.74) is 2.99. The number of pyridine rings is 1. The van der Waals surface area contributed by atoms with E-state index in [0.29, 0.717) is 22.3 Å². The van der Waals surface area contributed by atoms with Gasteiger partial charge in [0.25, 0.3) is 5.91 Å². The van der Waals surface area contributed by atoms with E-state index in [1.165, 1.54) is 6.07 Å². The van der Waals surface area contributed by atoms with Crippen molar-refractivity contribution in [3.05, 3.63) is 65.6 Å². The second-order valence-electron chi connectivity index (χ2n) is 6.63. The van der Waals surface area contributed by atoms with Crippen LogP contribution in [0.5, 0.6) is 0 Å². The third kappa shape index (κ3) is 3.07. The molecule has 1 amide bonds. The van der Waals surface area contributed by atoms with Gasteiger partial charge in [-0.25, -0.2) is 9.37 Å². The van der Waals surface area contributed by atoms with Crippen molar-refractivity contribution >= 4 is 16.8 Å². The summed E-state index contributed by atoms with van der Waals surface area (Å²) in [6.45, 7) is 5.89. The Morgan fingerprint density at radius 2 is 1.81 bits per heavy atom. The Bertz CT molecular complexity index is 968. The van der Waals surface area contributed by atoms with Gasteiger partial charge in [-0.1, -0.05) is 43.3 Å². The predicted octanol–water partition coefficient (Wildman–Crippen LogP) is 5.22. The minimum Gasteiger partial charge on any atom is -0.338 e. The highest BCUT2D eigenvalue weighted by Crippen LogP contribution is 2.34. The van der Waals surface area contributed by atoms with Crippen molar-refractivity contribution in [2.45, 2.75) is 33.2 Å². The number of fused-ring (bicyclic) bond motifs is 1. The van der Waals surface area contributed by atoms with Gasteiger partial charge in [-0.2, -0.15) is 0 Å². The van der Waals surface area contributed by atoms with Crippen LogP contribution in [0.25, 0.3) is 22.0 Å². The number of rotatable bonds is 4. The quantitative estimate of drug-likeness (QED) is 0.646. The molecule has 0 aliphatic carbocycles. The predicted molar refractivity (Wildman–Crippen MR) is 104 cm³/mol. The number of carbonyl (C=O) groups is 1. The standard InChI is InChI=1S/C22H23FN2O/c1-5-14(2)25(4)22(26)21-15(3)20(16-10-6-8-12-18(16)23)17-11-7-9-13-19(17)24-21/h6-14H,5H2,1-4H3/t14-/m0/s1. The summed E-state index contributed by atoms with van der Waals surface area (Å²) in [7, 11) is 1.79. The first-order valence-electron chi connectivity index (χ1n) is 8.87. The molecule has 134 valence electrons. The van der Waals surface area contributed by atoms with E-state index in [1.54, 1.807) is 30.1 Å². The van der Waals surface area contributed by atoms with Crippen molar-refractivity contribution in [3.8, 4) is 11.1 Å². The fourth-order valence-electron chi connectivity index (χ4n) is 3.17. The average Bonchev–Trinajstić information content (AvgIpc) is 2.66. The van der Waals surface area contributed by atoms with E-state index in [9.17, 15) is 9.18 Å². The van der Waals surface area contributed by atoms with Crippen LogP contribution in [0.1, 0.15) is 36.3 Å². The Morgan fingerprint density at radius 3 is 2.50 bits per heavy atom. The summed E-state index contributed by atoms with van der Waals surface area (Å²) in [5.74, 6) is -0.444. The minimum absolute atomic E-state index is 0.104. The second kappa shape index (κ2) is 7.24. The molecule has 3 aromatic rings. The smallest absolute Gasteiger partial charge is 0.272 e. The second-order valence-corrected chi connectivity index (χ2v) is 6.63. The molecule has 1 atom stereocenters. The SMILES string of the molecule is CC[C@H](C)N(C)C(=O)c1nc2ccccc2c(-c2ccccc2F)c1C. The molecule has 0 saturated carbocycles. The van der Waals surface area contributed by atoms with Crippen LogP contribution in [0.2, 0.25) is 0 Å². The molecule has 0 unspecified atom stereocenters. The molecule has 2 aromatic carbocycles. The van der Waals surface area contributed by atoms with Crippen LogP contribution >= 0.6 is 0 Å². The Hall–Kier alpha value is -2.75. The molecule has 4 heteroatoms. The molecule has 0 spiro atoms. The number of hydrogen-bond acceptors (Lipinski definition) is 2. The highest BCUT2D eigenvalue weighted by molar-refractivity contribution is 6.03. The largest absolute Gasteiger partial charge is 0.338 e. The van der Waals surface area contributed by atoms with Crippen LogP contribution in [-0.2, 0) is 0 Å². The Morgan fingerprint density at radius 1 is 1.15 bits per heavy atom. The fraction of sp³-hybridized carbons (Fsp3) is 0.273. The van der Waals surface area contributed by atoms with Gasteiger partial charge in [-0.15, -0.1) is 0 Å². The van der Waals surface area contributed by atoms with E-state index in [2.05, 4.69) is 4.98 Å². The molecular formula is C22H23FN2O. The van der Waals surface area contributed by atoms with E-state index in [0.717, 1.165) is 17.4 Å². The van der Waals surface area contributed by atoms with Gasteiger partial charge in [-0.3, -0.25) is 4.79 Å². The highest BCUT2D eigenvalue weighted by atomic mass is 19.1. The molecule has 0 N–H and O–H groups in total. The van der Waals surface area contributed by atoms with Crippen LogP contribution in [0.3, 0.4) is 0 Å². The van der Waals surface area contributed by atoms with Crippen molar-refractivity contribution in [2.75, 3.05) is 7.05 Å². The number of carbonyl (C=O) groups excluding carboxylic acids is 1. The molecule has 0 fully saturated rings. The molecule has 26 heavy (non-hydrogen) atoms. The van der Waals surface area contributed by atoms with Crippen LogP contribution in [0.4, 0.5) is 4.39 Å². The molecule has 3 nitrogen and oxygen atoms in total. The van der Waals surface area contributed by atoms with E-state index in [1.807, 2.05) is 45.0 Å². The van der Waals surface area contributed by atoms with Crippen molar-refractivity contribution < 1.29 is 9.18 Å². The van der Waals surface area contributed by atoms with Crippen LogP contribution in [0, 0.1) is 12.7 Å². The van der Waals surface area contributed by atoms with Crippen molar-refractivity contribution in [3.63, 3.8) is 0 Å². The first kappa shape index (κ1) is 18.1. The van der Waals surface area contributed by atoms with Gasteiger partial charge in [0.1, 0.15) is 11.5 Å². The molecule has 1 heterocycles. The average molecular weight is 350 g/mol. The monoisotopic (exact) mass is 350 g/mol. The summed E-state index contributed by atoms with van der Waals surface area (Å²) in [4.78, 5) is 19.4. The number of halogens is 1. The number of amides is 1. The Kier molecular flexibility index (Phi) is 5.03. The lowest BCUT2D eigenvalue weighted by Gasteiger charge is -2.25. The van der Waals surface area contributed by atoms with Crippen molar-refractivity contribution in [2.24, 2.45) is 0 Å². The molecule has 0 saturated heterocycles. The first-order chi connectivity index (χ1) is 12.5. The lowest BCUT2D eigenvalue weighted by molar-refractivity contribution is 0.0734. The Balaban J connectivity index is 2.29. The van der Waals surface area contributed by atoms with Crippen LogP contribution in [0.15, 0.2) is 48.5 Å². The van der Waals surface area contributed by atoms with Gasteiger partial charge in [0.15, 0.2) is 0 Å². The summed E-state index contributed by atoms with van der Waals surface area (Å²) in [6.07, 6.45) is 0.856. The number of aromatic nitrogens is 1. The zero-order chi connectivity index (χ0) is 18.8. The van der Waals surface area contributed by atoms with Gasteiger partial charge < -0.3 is 4.90 Å². The maximum absolute atomic E-state index is 14.5. The van der Waals surface area contributed by atoms with Gasteiger partial charge >= 0.3 is 0 Å². The lowest BCUT2D eigenvalue weighted by atomic mass is 9.94. The number of hydrogen-bond donors (Lipinski definition) is 0. The topological polar surface area (TPSA) is 33.2 Å². The molecule has 0 aliphatic rings. The van der Waals surface area contributed by atoms with Gasteiger partial charge in [-0.05, 0) is 43.5 Å². The highest BCUT2D eigenvalue weighted by Gasteiger charge is 2.24. The van der Waals surface area contributed by atoms with E-state index >= 15 is 0 Å². The summed E-state index contributed by atoms with van der Waals surface area (Å²) >= 11 is 0.